The number of nitrogens with one attached hydrogen (secondary N) is 1. The lowest BCUT2D eigenvalue weighted by Gasteiger charge is -2.12. The van der Waals surface area contributed by atoms with Crippen molar-refractivity contribution in [1.29, 1.82) is 0 Å². The molecule has 0 bridgehead atoms. The van der Waals surface area contributed by atoms with Crippen molar-refractivity contribution in [3.8, 4) is 0 Å². The molecule has 0 radical (unpaired) electrons. The Morgan fingerprint density at radius 2 is 1.84 bits per heavy atom. The normalized spacial score (nSPS) is 13.3. The van der Waals surface area contributed by atoms with Gasteiger partial charge in [0.25, 0.3) is 5.91 Å². The number of carbonyl (C=O) groups excluding carboxylic acids is 1. The van der Waals surface area contributed by atoms with Gasteiger partial charge in [0.1, 0.15) is 0 Å². The van der Waals surface area contributed by atoms with E-state index in [1.807, 2.05) is 0 Å². The summed E-state index contributed by atoms with van der Waals surface area (Å²) in [6.07, 6.45) is 0. The summed E-state index contributed by atoms with van der Waals surface area (Å²) in [7, 11) is -0.550. The van der Waals surface area contributed by atoms with Gasteiger partial charge in [0, 0.05) is 32.2 Å². The van der Waals surface area contributed by atoms with Crippen LogP contribution in [0, 0.1) is 0 Å². The van der Waals surface area contributed by atoms with Gasteiger partial charge in [-0.1, -0.05) is 0 Å². The summed E-state index contributed by atoms with van der Waals surface area (Å²) in [6, 6.07) is 5.66. The molecule has 0 spiro atoms. The van der Waals surface area contributed by atoms with Crippen molar-refractivity contribution in [2.45, 2.75) is 17.9 Å². The van der Waals surface area contributed by atoms with Crippen molar-refractivity contribution in [3.63, 3.8) is 0 Å². The molecule has 1 rings (SSSR count). The van der Waals surface area contributed by atoms with E-state index in [0.717, 1.165) is 4.31 Å². The molecule has 1 amide bonds. The van der Waals surface area contributed by atoms with E-state index in [9.17, 15) is 13.2 Å². The third-order valence-electron chi connectivity index (χ3n) is 2.48. The summed E-state index contributed by atoms with van der Waals surface area (Å²) in [4.78, 5) is 11.9. The highest BCUT2D eigenvalue weighted by Gasteiger charge is 2.17. The molecule has 106 valence electrons. The highest BCUT2D eigenvalue weighted by Crippen LogP contribution is 2.13. The Morgan fingerprint density at radius 1 is 1.32 bits per heavy atom. The summed E-state index contributed by atoms with van der Waals surface area (Å²) >= 11 is 0. The molecule has 0 saturated carbocycles. The van der Waals surface area contributed by atoms with Gasteiger partial charge in [-0.25, -0.2) is 12.7 Å². The SMILES string of the molecule is CC(N)CNC(=O)c1ccc(S(=O)(=O)N(C)C)cc1. The number of sulfonamides is 1. The molecule has 0 heterocycles. The number of amides is 1. The van der Waals surface area contributed by atoms with Crippen LogP contribution in [0.4, 0.5) is 0 Å². The van der Waals surface area contributed by atoms with E-state index in [-0.39, 0.29) is 16.8 Å². The molecule has 0 aliphatic heterocycles. The minimum absolute atomic E-state index is 0.127. The molecule has 0 aliphatic carbocycles. The average Bonchev–Trinajstić information content (AvgIpc) is 2.35. The third kappa shape index (κ3) is 4.02. The lowest BCUT2D eigenvalue weighted by molar-refractivity contribution is 0.0951. The maximum atomic E-state index is 11.8. The maximum Gasteiger partial charge on any atom is 0.251 e. The average molecular weight is 285 g/mol. The second-order valence-corrected chi connectivity index (χ2v) is 6.65. The largest absolute Gasteiger partial charge is 0.350 e. The van der Waals surface area contributed by atoms with Crippen molar-refractivity contribution >= 4 is 15.9 Å². The first kappa shape index (κ1) is 15.6. The Balaban J connectivity index is 2.85. The number of nitrogens with two attached hydrogens (primary N) is 1. The van der Waals surface area contributed by atoms with Gasteiger partial charge in [-0.3, -0.25) is 4.79 Å². The van der Waals surface area contributed by atoms with Crippen LogP contribution in [0.25, 0.3) is 0 Å². The van der Waals surface area contributed by atoms with E-state index in [4.69, 9.17) is 5.73 Å². The Kier molecular flexibility index (Phi) is 5.04. The number of hydrogen-bond acceptors (Lipinski definition) is 4. The number of benzene rings is 1. The molecule has 1 unspecified atom stereocenters. The fourth-order valence-electron chi connectivity index (χ4n) is 1.34. The quantitative estimate of drug-likeness (QED) is 0.797. The first-order valence-electron chi connectivity index (χ1n) is 5.81. The molecule has 0 aliphatic rings. The van der Waals surface area contributed by atoms with Gasteiger partial charge in [0.05, 0.1) is 4.90 Å². The van der Waals surface area contributed by atoms with Gasteiger partial charge in [0.15, 0.2) is 0 Å². The second-order valence-electron chi connectivity index (χ2n) is 4.50. The van der Waals surface area contributed by atoms with Crippen LogP contribution in [0.15, 0.2) is 29.2 Å². The van der Waals surface area contributed by atoms with Gasteiger partial charge in [-0.15, -0.1) is 0 Å². The van der Waals surface area contributed by atoms with E-state index in [2.05, 4.69) is 5.32 Å². The van der Waals surface area contributed by atoms with E-state index in [0.29, 0.717) is 12.1 Å². The number of carbonyl (C=O) groups is 1. The molecule has 1 aromatic rings. The molecule has 1 aromatic carbocycles. The van der Waals surface area contributed by atoms with Crippen molar-refractivity contribution in [3.05, 3.63) is 29.8 Å². The zero-order valence-corrected chi connectivity index (χ0v) is 12.1. The summed E-state index contributed by atoms with van der Waals surface area (Å²) in [5.74, 6) is -0.272. The molecule has 0 aromatic heterocycles. The Labute approximate surface area is 113 Å². The molecule has 6 nitrogen and oxygen atoms in total. The molecular weight excluding hydrogens is 266 g/mol. The molecular formula is C12H19N3O3S. The Bertz CT molecular complexity index is 536. The maximum absolute atomic E-state index is 11.8. The van der Waals surface area contributed by atoms with Crippen LogP contribution in [0.5, 0.6) is 0 Å². The van der Waals surface area contributed by atoms with Crippen LogP contribution in [0.2, 0.25) is 0 Å². The molecule has 0 saturated heterocycles. The topological polar surface area (TPSA) is 92.5 Å². The van der Waals surface area contributed by atoms with Crippen molar-refractivity contribution < 1.29 is 13.2 Å². The minimum Gasteiger partial charge on any atom is -0.350 e. The van der Waals surface area contributed by atoms with Crippen LogP contribution in [-0.4, -0.2) is 45.3 Å². The first-order valence-corrected chi connectivity index (χ1v) is 7.25. The first-order chi connectivity index (χ1) is 8.75. The van der Waals surface area contributed by atoms with Crippen LogP contribution in [0.1, 0.15) is 17.3 Å². The van der Waals surface area contributed by atoms with Crippen molar-refractivity contribution in [2.75, 3.05) is 20.6 Å². The summed E-state index contributed by atoms with van der Waals surface area (Å²) < 4.78 is 24.8. The smallest absolute Gasteiger partial charge is 0.251 e. The monoisotopic (exact) mass is 285 g/mol. The van der Waals surface area contributed by atoms with Gasteiger partial charge >= 0.3 is 0 Å². The Morgan fingerprint density at radius 3 is 2.26 bits per heavy atom. The van der Waals surface area contributed by atoms with Crippen LogP contribution >= 0.6 is 0 Å². The molecule has 0 fully saturated rings. The molecule has 19 heavy (non-hydrogen) atoms. The van der Waals surface area contributed by atoms with Crippen LogP contribution in [-0.2, 0) is 10.0 Å². The van der Waals surface area contributed by atoms with Crippen LogP contribution in [0.3, 0.4) is 0 Å². The predicted octanol–water partition coefficient (Wildman–Crippen LogP) is 0.0139. The van der Waals surface area contributed by atoms with Gasteiger partial charge < -0.3 is 11.1 Å². The van der Waals surface area contributed by atoms with Crippen molar-refractivity contribution in [1.82, 2.24) is 9.62 Å². The fourth-order valence-corrected chi connectivity index (χ4v) is 2.25. The zero-order chi connectivity index (χ0) is 14.6. The lowest BCUT2D eigenvalue weighted by Crippen LogP contribution is -2.35. The number of rotatable bonds is 5. The summed E-state index contributed by atoms with van der Waals surface area (Å²) in [5.41, 5.74) is 5.93. The number of hydrogen-bond donors (Lipinski definition) is 2. The van der Waals surface area contributed by atoms with Gasteiger partial charge in [0.2, 0.25) is 10.0 Å². The highest BCUT2D eigenvalue weighted by atomic mass is 32.2. The molecule has 7 heteroatoms. The molecule has 3 N–H and O–H groups in total. The molecule has 1 atom stereocenters. The van der Waals surface area contributed by atoms with E-state index < -0.39 is 10.0 Å². The van der Waals surface area contributed by atoms with E-state index >= 15 is 0 Å². The third-order valence-corrected chi connectivity index (χ3v) is 4.31. The lowest BCUT2D eigenvalue weighted by atomic mass is 10.2. The zero-order valence-electron chi connectivity index (χ0n) is 11.3. The Hall–Kier alpha value is -1.44. The van der Waals surface area contributed by atoms with E-state index in [1.54, 1.807) is 6.92 Å². The minimum atomic E-state index is -3.46. The second kappa shape index (κ2) is 6.14. The highest BCUT2D eigenvalue weighted by molar-refractivity contribution is 7.89. The fraction of sp³-hybridized carbons (Fsp3) is 0.417. The van der Waals surface area contributed by atoms with Gasteiger partial charge in [-0.05, 0) is 31.2 Å². The standard InChI is InChI=1S/C12H19N3O3S/c1-9(13)8-14-12(16)10-4-6-11(7-5-10)19(17,18)15(2)3/h4-7,9H,8,13H2,1-3H3,(H,14,16). The van der Waals surface area contributed by atoms with Crippen molar-refractivity contribution in [2.24, 2.45) is 5.73 Å². The number of nitrogens with zero attached hydrogens (tertiary/aromatic N) is 1. The summed E-state index contributed by atoms with van der Waals surface area (Å²) in [6.45, 7) is 2.16. The van der Waals surface area contributed by atoms with Gasteiger partial charge in [-0.2, -0.15) is 0 Å². The predicted molar refractivity (Wildman–Crippen MR) is 73.3 cm³/mol. The van der Waals surface area contributed by atoms with Crippen LogP contribution < -0.4 is 11.1 Å². The van der Waals surface area contributed by atoms with E-state index in [1.165, 1.54) is 38.4 Å². The summed E-state index contributed by atoms with van der Waals surface area (Å²) in [5, 5.41) is 2.66.